The number of nitrogens with zero attached hydrogens (tertiary/aromatic N) is 2. The van der Waals surface area contributed by atoms with E-state index in [1.165, 1.54) is 11.2 Å². The summed E-state index contributed by atoms with van der Waals surface area (Å²) in [4.78, 5) is 0. The Morgan fingerprint density at radius 1 is 1.44 bits per heavy atom. The molecule has 48 valence electrons. The molecular formula is C6H11BN2. The van der Waals surface area contributed by atoms with E-state index in [1.54, 1.807) is 0 Å². The molecule has 0 aromatic carbocycles. The van der Waals surface area contributed by atoms with Crippen molar-refractivity contribution in [2.45, 2.75) is 13.8 Å². The zero-order valence-corrected chi connectivity index (χ0v) is 6.39. The maximum absolute atomic E-state index is 4.23. The lowest BCUT2D eigenvalue weighted by molar-refractivity contribution is 0.731. The summed E-state index contributed by atoms with van der Waals surface area (Å²) in [6.07, 6.45) is 0. The Bertz CT molecular complexity index is 205. The third-order valence-electron chi connectivity index (χ3n) is 1.87. The van der Waals surface area contributed by atoms with Crippen molar-refractivity contribution in [3.63, 3.8) is 0 Å². The van der Waals surface area contributed by atoms with E-state index < -0.39 is 0 Å². The molecule has 1 heterocycles. The van der Waals surface area contributed by atoms with Gasteiger partial charge in [0.2, 0.25) is 0 Å². The van der Waals surface area contributed by atoms with Gasteiger partial charge in [0.05, 0.1) is 5.69 Å². The predicted molar refractivity (Wildman–Crippen MR) is 40.9 cm³/mol. The van der Waals surface area contributed by atoms with E-state index in [0.29, 0.717) is 0 Å². The van der Waals surface area contributed by atoms with Crippen LogP contribution in [0.25, 0.3) is 0 Å². The van der Waals surface area contributed by atoms with Crippen LogP contribution in [0.5, 0.6) is 0 Å². The largest absolute Gasteiger partial charge is 0.273 e. The normalized spacial score (nSPS) is 10.1. The van der Waals surface area contributed by atoms with Crippen LogP contribution in [0.4, 0.5) is 0 Å². The van der Waals surface area contributed by atoms with Crippen LogP contribution in [0.1, 0.15) is 11.4 Å². The number of rotatable bonds is 0. The molecule has 1 rings (SSSR count). The van der Waals surface area contributed by atoms with Gasteiger partial charge in [-0.2, -0.15) is 5.10 Å². The van der Waals surface area contributed by atoms with Gasteiger partial charge in [0.1, 0.15) is 7.85 Å². The fourth-order valence-electron chi connectivity index (χ4n) is 0.880. The molecular weight excluding hydrogens is 111 g/mol. The maximum atomic E-state index is 4.23. The lowest BCUT2D eigenvalue weighted by Crippen LogP contribution is -2.07. The van der Waals surface area contributed by atoms with Gasteiger partial charge in [0.15, 0.2) is 0 Å². The van der Waals surface area contributed by atoms with E-state index in [0.717, 1.165) is 5.69 Å². The van der Waals surface area contributed by atoms with Crippen LogP contribution >= 0.6 is 0 Å². The molecule has 2 nitrogen and oxygen atoms in total. The molecule has 0 aliphatic heterocycles. The van der Waals surface area contributed by atoms with E-state index in [2.05, 4.69) is 19.9 Å². The van der Waals surface area contributed by atoms with Crippen molar-refractivity contribution < 1.29 is 0 Å². The summed E-state index contributed by atoms with van der Waals surface area (Å²) in [5.41, 5.74) is 3.69. The summed E-state index contributed by atoms with van der Waals surface area (Å²) in [5, 5.41) is 4.23. The fraction of sp³-hybridized carbons (Fsp3) is 0.500. The molecule has 0 N–H and O–H groups in total. The monoisotopic (exact) mass is 122 g/mol. The zero-order valence-electron chi connectivity index (χ0n) is 6.39. The van der Waals surface area contributed by atoms with Crippen LogP contribution < -0.4 is 5.46 Å². The van der Waals surface area contributed by atoms with Crippen molar-refractivity contribution in [1.29, 1.82) is 0 Å². The molecule has 0 unspecified atom stereocenters. The summed E-state index contributed by atoms with van der Waals surface area (Å²) in [6.45, 7) is 4.11. The number of aryl methyl sites for hydroxylation is 2. The highest BCUT2D eigenvalue weighted by atomic mass is 15.3. The molecule has 0 radical (unpaired) electrons. The Labute approximate surface area is 56.3 Å². The van der Waals surface area contributed by atoms with Crippen molar-refractivity contribution in [2.75, 3.05) is 0 Å². The van der Waals surface area contributed by atoms with Crippen molar-refractivity contribution in [3.8, 4) is 0 Å². The fourth-order valence-corrected chi connectivity index (χ4v) is 0.880. The van der Waals surface area contributed by atoms with E-state index in [4.69, 9.17) is 0 Å². The lowest BCUT2D eigenvalue weighted by Gasteiger charge is -1.91. The summed E-state index contributed by atoms with van der Waals surface area (Å²) >= 11 is 0. The average molecular weight is 122 g/mol. The van der Waals surface area contributed by atoms with Crippen LogP contribution in [0, 0.1) is 13.8 Å². The smallest absolute Gasteiger partial charge is 0.144 e. The first-order chi connectivity index (χ1) is 4.13. The second-order valence-electron chi connectivity index (χ2n) is 2.42. The average Bonchev–Trinajstić information content (AvgIpc) is 1.98. The Kier molecular flexibility index (Phi) is 1.35. The van der Waals surface area contributed by atoms with E-state index in [1.807, 2.05) is 18.7 Å². The van der Waals surface area contributed by atoms with Gasteiger partial charge in [0.25, 0.3) is 0 Å². The molecule has 1 aromatic rings. The molecule has 0 saturated heterocycles. The van der Waals surface area contributed by atoms with Crippen LogP contribution in [0.15, 0.2) is 0 Å². The Morgan fingerprint density at radius 2 is 2.00 bits per heavy atom. The van der Waals surface area contributed by atoms with Crippen molar-refractivity contribution in [2.24, 2.45) is 7.05 Å². The highest BCUT2D eigenvalue weighted by Gasteiger charge is 2.01. The standard InChI is InChI=1S/C6H11BN2/c1-4-6(7)5(2)9(3)8-4/h7H2,1-3H3. The van der Waals surface area contributed by atoms with Gasteiger partial charge in [-0.25, -0.2) is 0 Å². The quantitative estimate of drug-likeness (QED) is 0.416. The number of aromatic nitrogens is 2. The molecule has 0 spiro atoms. The molecule has 0 atom stereocenters. The molecule has 0 fully saturated rings. The minimum absolute atomic E-state index is 1.13. The third kappa shape index (κ3) is 0.868. The van der Waals surface area contributed by atoms with Gasteiger partial charge in [-0.05, 0) is 19.3 Å². The SMILES string of the molecule is Bc1c(C)nn(C)c1C. The van der Waals surface area contributed by atoms with E-state index in [-0.39, 0.29) is 0 Å². The first-order valence-electron chi connectivity index (χ1n) is 3.09. The lowest BCUT2D eigenvalue weighted by atomic mass is 9.94. The van der Waals surface area contributed by atoms with Gasteiger partial charge >= 0.3 is 0 Å². The first kappa shape index (κ1) is 6.40. The highest BCUT2D eigenvalue weighted by Crippen LogP contribution is 1.92. The first-order valence-corrected chi connectivity index (χ1v) is 3.09. The van der Waals surface area contributed by atoms with E-state index >= 15 is 0 Å². The van der Waals surface area contributed by atoms with Gasteiger partial charge in [-0.3, -0.25) is 4.68 Å². The van der Waals surface area contributed by atoms with Crippen molar-refractivity contribution in [1.82, 2.24) is 9.78 Å². The Morgan fingerprint density at radius 3 is 2.11 bits per heavy atom. The summed E-state index contributed by atoms with van der Waals surface area (Å²) in [5.74, 6) is 0. The van der Waals surface area contributed by atoms with Crippen molar-refractivity contribution in [3.05, 3.63) is 11.4 Å². The topological polar surface area (TPSA) is 17.8 Å². The van der Waals surface area contributed by atoms with Gasteiger partial charge in [-0.15, -0.1) is 0 Å². The van der Waals surface area contributed by atoms with Crippen LogP contribution in [0.2, 0.25) is 0 Å². The number of hydrogen-bond acceptors (Lipinski definition) is 1. The minimum Gasteiger partial charge on any atom is -0.273 e. The summed E-state index contributed by atoms with van der Waals surface area (Å²) in [6, 6.07) is 0. The molecule has 3 heteroatoms. The second kappa shape index (κ2) is 1.90. The van der Waals surface area contributed by atoms with Crippen LogP contribution in [-0.2, 0) is 7.05 Å². The molecule has 0 aliphatic carbocycles. The van der Waals surface area contributed by atoms with Crippen LogP contribution in [0.3, 0.4) is 0 Å². The molecule has 0 amide bonds. The van der Waals surface area contributed by atoms with Gasteiger partial charge in [0, 0.05) is 12.7 Å². The molecule has 0 bridgehead atoms. The summed E-state index contributed by atoms with van der Waals surface area (Å²) in [7, 11) is 4.06. The second-order valence-corrected chi connectivity index (χ2v) is 2.42. The minimum atomic E-state index is 1.13. The molecule has 0 saturated carbocycles. The Balaban J connectivity index is 3.29. The summed E-state index contributed by atoms with van der Waals surface area (Å²) < 4.78 is 1.91. The van der Waals surface area contributed by atoms with Crippen LogP contribution in [-0.4, -0.2) is 17.6 Å². The molecule has 1 aromatic heterocycles. The Hall–Kier alpha value is -0.725. The molecule has 0 aliphatic rings. The van der Waals surface area contributed by atoms with Gasteiger partial charge < -0.3 is 0 Å². The van der Waals surface area contributed by atoms with Gasteiger partial charge in [-0.1, -0.05) is 0 Å². The number of hydrogen-bond donors (Lipinski definition) is 0. The predicted octanol–water partition coefficient (Wildman–Crippen LogP) is -0.705. The highest BCUT2D eigenvalue weighted by molar-refractivity contribution is 6.33. The van der Waals surface area contributed by atoms with Crippen molar-refractivity contribution >= 4 is 13.3 Å². The zero-order chi connectivity index (χ0) is 7.02. The van der Waals surface area contributed by atoms with E-state index in [9.17, 15) is 0 Å². The maximum Gasteiger partial charge on any atom is 0.144 e. The molecule has 9 heavy (non-hydrogen) atoms. The third-order valence-corrected chi connectivity index (χ3v) is 1.87.